The third-order valence-corrected chi connectivity index (χ3v) is 4.77. The maximum Gasteiger partial charge on any atom is 0.306 e. The summed E-state index contributed by atoms with van der Waals surface area (Å²) in [7, 11) is 3.15. The maximum absolute atomic E-state index is 12.2. The average Bonchev–Trinajstić information content (AvgIpc) is 3.37. The number of hydrogen-bond donors (Lipinski definition) is 0. The average molecular weight is 388 g/mol. The quantitative estimate of drug-likeness (QED) is 0.538. The summed E-state index contributed by atoms with van der Waals surface area (Å²) in [5.74, 6) is 1.58. The van der Waals surface area contributed by atoms with Gasteiger partial charge in [-0.2, -0.15) is 0 Å². The molecule has 7 nitrogen and oxygen atoms in total. The lowest BCUT2D eigenvalue weighted by Gasteiger charge is -2.13. The molecule has 0 aliphatic rings. The Hall–Kier alpha value is -2.87. The Morgan fingerprint density at radius 2 is 2.04 bits per heavy atom. The van der Waals surface area contributed by atoms with Crippen LogP contribution in [0.2, 0.25) is 0 Å². The zero-order valence-electron chi connectivity index (χ0n) is 15.3. The first-order valence-corrected chi connectivity index (χ1v) is 9.27. The standard InChI is InChI=1S/C19H20N2O5S/c1-12(18-20-21-19(26-18)15-8-5-11-27-15)25-16(22)10-9-13-6-4-7-14(23-2)17(13)24-3/h4-8,11-12H,9-10H2,1-3H3. The van der Waals surface area contributed by atoms with Gasteiger partial charge in [0.25, 0.3) is 11.8 Å². The zero-order valence-corrected chi connectivity index (χ0v) is 16.1. The van der Waals surface area contributed by atoms with Crippen LogP contribution in [-0.2, 0) is 16.0 Å². The van der Waals surface area contributed by atoms with E-state index in [-0.39, 0.29) is 18.3 Å². The van der Waals surface area contributed by atoms with Crippen LogP contribution < -0.4 is 9.47 Å². The number of aromatic nitrogens is 2. The zero-order chi connectivity index (χ0) is 19.2. The second kappa shape index (κ2) is 8.68. The van der Waals surface area contributed by atoms with Crippen molar-refractivity contribution in [3.8, 4) is 22.3 Å². The van der Waals surface area contributed by atoms with Crippen molar-refractivity contribution in [3.05, 3.63) is 47.2 Å². The molecule has 0 aliphatic carbocycles. The van der Waals surface area contributed by atoms with Crippen LogP contribution in [0.5, 0.6) is 11.5 Å². The van der Waals surface area contributed by atoms with Gasteiger partial charge in [0.05, 0.1) is 19.1 Å². The molecule has 0 bridgehead atoms. The first-order chi connectivity index (χ1) is 13.1. The van der Waals surface area contributed by atoms with E-state index in [0.29, 0.717) is 23.8 Å². The Kier molecular flexibility index (Phi) is 6.08. The Balaban J connectivity index is 1.58. The number of nitrogens with zero attached hydrogens (tertiary/aromatic N) is 2. The molecule has 0 saturated carbocycles. The predicted octanol–water partition coefficient (Wildman–Crippen LogP) is 4.05. The highest BCUT2D eigenvalue weighted by Gasteiger charge is 2.20. The molecule has 27 heavy (non-hydrogen) atoms. The molecule has 142 valence electrons. The number of carbonyl (C=O) groups excluding carboxylic acids is 1. The molecule has 2 aromatic heterocycles. The minimum atomic E-state index is -0.620. The van der Waals surface area contributed by atoms with Crippen molar-refractivity contribution in [2.24, 2.45) is 0 Å². The molecule has 0 spiro atoms. The molecule has 0 radical (unpaired) electrons. The highest BCUT2D eigenvalue weighted by Crippen LogP contribution is 2.31. The normalized spacial score (nSPS) is 11.8. The van der Waals surface area contributed by atoms with Crippen LogP contribution in [0.4, 0.5) is 0 Å². The number of ether oxygens (including phenoxy) is 3. The molecule has 0 saturated heterocycles. The van der Waals surface area contributed by atoms with Gasteiger partial charge in [0.2, 0.25) is 0 Å². The van der Waals surface area contributed by atoms with Crippen molar-refractivity contribution in [3.63, 3.8) is 0 Å². The summed E-state index contributed by atoms with van der Waals surface area (Å²) in [6.45, 7) is 1.70. The van der Waals surface area contributed by atoms with Gasteiger partial charge >= 0.3 is 5.97 Å². The largest absolute Gasteiger partial charge is 0.493 e. The van der Waals surface area contributed by atoms with Gasteiger partial charge in [-0.1, -0.05) is 18.2 Å². The third-order valence-electron chi connectivity index (χ3n) is 3.91. The number of rotatable bonds is 8. The fourth-order valence-electron chi connectivity index (χ4n) is 2.59. The van der Waals surface area contributed by atoms with E-state index < -0.39 is 6.10 Å². The van der Waals surface area contributed by atoms with Crippen molar-refractivity contribution < 1.29 is 23.4 Å². The number of thiophene rings is 1. The van der Waals surface area contributed by atoms with Crippen molar-refractivity contribution in [2.45, 2.75) is 25.9 Å². The van der Waals surface area contributed by atoms with Crippen LogP contribution in [0.25, 0.3) is 10.8 Å². The molecule has 1 aromatic carbocycles. The molecule has 0 aliphatic heterocycles. The molecule has 8 heteroatoms. The first kappa shape index (κ1) is 18.9. The predicted molar refractivity (Wildman–Crippen MR) is 100.0 cm³/mol. The second-order valence-electron chi connectivity index (χ2n) is 5.71. The molecule has 1 unspecified atom stereocenters. The summed E-state index contributed by atoms with van der Waals surface area (Å²) >= 11 is 1.50. The lowest BCUT2D eigenvalue weighted by Crippen LogP contribution is -2.10. The Morgan fingerprint density at radius 1 is 1.19 bits per heavy atom. The van der Waals surface area contributed by atoms with Crippen molar-refractivity contribution >= 4 is 17.3 Å². The summed E-state index contributed by atoms with van der Waals surface area (Å²) < 4.78 is 21.7. The number of benzene rings is 1. The van der Waals surface area contributed by atoms with E-state index >= 15 is 0 Å². The van der Waals surface area contributed by atoms with Crippen LogP contribution in [0, 0.1) is 0 Å². The van der Waals surface area contributed by atoms with Crippen LogP contribution in [0.15, 0.2) is 40.1 Å². The topological polar surface area (TPSA) is 83.7 Å². The summed E-state index contributed by atoms with van der Waals surface area (Å²) in [5.41, 5.74) is 0.874. The van der Waals surface area contributed by atoms with Gasteiger partial charge in [-0.15, -0.1) is 21.5 Å². The minimum Gasteiger partial charge on any atom is -0.493 e. The molecular formula is C19H20N2O5S. The molecular weight excluding hydrogens is 368 g/mol. The lowest BCUT2D eigenvalue weighted by molar-refractivity contribution is -0.149. The van der Waals surface area contributed by atoms with E-state index in [0.717, 1.165) is 10.4 Å². The molecule has 1 atom stereocenters. The van der Waals surface area contributed by atoms with Gasteiger partial charge in [0.1, 0.15) is 0 Å². The second-order valence-corrected chi connectivity index (χ2v) is 6.66. The summed E-state index contributed by atoms with van der Waals surface area (Å²) in [6.07, 6.45) is 0.0432. The fraction of sp³-hybridized carbons (Fsp3) is 0.316. The molecule has 3 rings (SSSR count). The van der Waals surface area contributed by atoms with E-state index in [4.69, 9.17) is 18.6 Å². The van der Waals surface area contributed by atoms with Crippen LogP contribution in [-0.4, -0.2) is 30.4 Å². The SMILES string of the molecule is COc1cccc(CCC(=O)OC(C)c2nnc(-c3cccs3)o2)c1OC. The number of methoxy groups -OCH3 is 2. The number of carbonyl (C=O) groups is 1. The van der Waals surface area contributed by atoms with E-state index in [1.54, 1.807) is 21.1 Å². The first-order valence-electron chi connectivity index (χ1n) is 8.39. The van der Waals surface area contributed by atoms with Gasteiger partial charge in [0.15, 0.2) is 17.6 Å². The summed E-state index contributed by atoms with van der Waals surface area (Å²) in [6, 6.07) is 9.35. The molecule has 0 fully saturated rings. The van der Waals surface area contributed by atoms with Crippen molar-refractivity contribution in [1.29, 1.82) is 0 Å². The van der Waals surface area contributed by atoms with Gasteiger partial charge in [-0.25, -0.2) is 0 Å². The highest BCUT2D eigenvalue weighted by molar-refractivity contribution is 7.13. The molecule has 0 amide bonds. The van der Waals surface area contributed by atoms with Gasteiger partial charge in [-0.05, 0) is 36.4 Å². The van der Waals surface area contributed by atoms with Crippen LogP contribution in [0.3, 0.4) is 0 Å². The highest BCUT2D eigenvalue weighted by atomic mass is 32.1. The summed E-state index contributed by atoms with van der Waals surface area (Å²) in [4.78, 5) is 13.1. The minimum absolute atomic E-state index is 0.194. The molecule has 2 heterocycles. The van der Waals surface area contributed by atoms with E-state index in [1.807, 2.05) is 35.7 Å². The Morgan fingerprint density at radius 3 is 2.74 bits per heavy atom. The van der Waals surface area contributed by atoms with E-state index in [9.17, 15) is 4.79 Å². The van der Waals surface area contributed by atoms with Crippen molar-refractivity contribution in [2.75, 3.05) is 14.2 Å². The smallest absolute Gasteiger partial charge is 0.306 e. The van der Waals surface area contributed by atoms with Crippen LogP contribution >= 0.6 is 11.3 Å². The monoisotopic (exact) mass is 388 g/mol. The van der Waals surface area contributed by atoms with Gasteiger partial charge in [0, 0.05) is 6.42 Å². The Bertz CT molecular complexity index is 891. The van der Waals surface area contributed by atoms with Crippen molar-refractivity contribution in [1.82, 2.24) is 10.2 Å². The molecule has 3 aromatic rings. The summed E-state index contributed by atoms with van der Waals surface area (Å²) in [5, 5.41) is 9.89. The van der Waals surface area contributed by atoms with E-state index in [2.05, 4.69) is 10.2 Å². The number of esters is 1. The number of aryl methyl sites for hydroxylation is 1. The maximum atomic E-state index is 12.2. The van der Waals surface area contributed by atoms with Crippen LogP contribution in [0.1, 0.15) is 30.9 Å². The van der Waals surface area contributed by atoms with E-state index in [1.165, 1.54) is 11.3 Å². The third kappa shape index (κ3) is 4.46. The van der Waals surface area contributed by atoms with Gasteiger partial charge < -0.3 is 18.6 Å². The van der Waals surface area contributed by atoms with Gasteiger partial charge in [-0.3, -0.25) is 4.79 Å². The lowest BCUT2D eigenvalue weighted by atomic mass is 10.1. The fourth-order valence-corrected chi connectivity index (χ4v) is 3.24. The Labute approximate surface area is 160 Å². The number of hydrogen-bond acceptors (Lipinski definition) is 8. The molecule has 0 N–H and O–H groups in total. The number of para-hydroxylation sites is 1.